The molecule has 0 saturated heterocycles. The van der Waals surface area contributed by atoms with Gasteiger partial charge in [-0.05, 0) is 46.0 Å². The van der Waals surface area contributed by atoms with Crippen molar-refractivity contribution in [3.8, 4) is 11.1 Å². The standard InChI is InChI=1S/C26H20ClN2O4/c27-16-9-10-23-21(12-16)15(13-28-23)11-24(25(30)31)29-26(32)33-14-22-19-7-3-1-5-17(19)18-6-2-4-8-20(18)22/h1-10,12-13,22,24H,11,14H2,(H,29,32)(H,30,31)/t24-/m1/s1. The fourth-order valence-corrected chi connectivity index (χ4v) is 4.63. The van der Waals surface area contributed by atoms with Gasteiger partial charge in [0.25, 0.3) is 0 Å². The molecule has 165 valence electrons. The predicted octanol–water partition coefficient (Wildman–Crippen LogP) is 5.31. The summed E-state index contributed by atoms with van der Waals surface area (Å²) in [4.78, 5) is 24.4. The van der Waals surface area contributed by atoms with Crippen LogP contribution in [0.4, 0.5) is 10.5 Å². The Bertz CT molecular complexity index is 1240. The van der Waals surface area contributed by atoms with E-state index >= 15 is 0 Å². The summed E-state index contributed by atoms with van der Waals surface area (Å²) in [6, 6.07) is 20.1. The molecule has 6 nitrogen and oxygen atoms in total. The van der Waals surface area contributed by atoms with Crippen LogP contribution < -0.4 is 10.6 Å². The number of carbonyl (C=O) groups excluding carboxylic acids is 1. The Morgan fingerprint density at radius 3 is 2.33 bits per heavy atom. The lowest BCUT2D eigenvalue weighted by Crippen LogP contribution is -2.41. The Balaban J connectivity index is 1.26. The van der Waals surface area contributed by atoms with Gasteiger partial charge in [-0.3, -0.25) is 5.32 Å². The number of hydrogen-bond acceptors (Lipinski definition) is 3. The first-order valence-electron chi connectivity index (χ1n) is 10.6. The van der Waals surface area contributed by atoms with E-state index in [1.165, 1.54) is 0 Å². The van der Waals surface area contributed by atoms with Crippen LogP contribution in [-0.2, 0) is 9.53 Å². The van der Waals surface area contributed by atoms with E-state index in [2.05, 4.69) is 22.8 Å². The number of ether oxygens (including phenoxy) is 1. The normalized spacial score (nSPS) is 14.4. The molecule has 2 N–H and O–H groups in total. The lowest BCUT2D eigenvalue weighted by molar-refractivity contribution is -0.139. The molecule has 3 aromatic carbocycles. The fraction of sp³-hybridized carbons (Fsp3) is 0.154. The Labute approximate surface area is 195 Å². The molecule has 0 saturated carbocycles. The van der Waals surface area contributed by atoms with E-state index in [0.717, 1.165) is 33.5 Å². The van der Waals surface area contributed by atoms with Gasteiger partial charge in [0, 0.05) is 29.1 Å². The minimum atomic E-state index is -1.16. The zero-order chi connectivity index (χ0) is 22.9. The van der Waals surface area contributed by atoms with Gasteiger partial charge in [-0.25, -0.2) is 9.59 Å². The summed E-state index contributed by atoms with van der Waals surface area (Å²) in [5, 5.41) is 17.0. The van der Waals surface area contributed by atoms with E-state index in [1.807, 2.05) is 36.4 Å². The number of carboxylic acid groups (broad SMARTS) is 1. The van der Waals surface area contributed by atoms with Crippen molar-refractivity contribution < 1.29 is 19.4 Å². The summed E-state index contributed by atoms with van der Waals surface area (Å²) in [5.74, 6) is -1.25. The number of aliphatic carboxylic acids is 1. The fourth-order valence-electron chi connectivity index (χ4n) is 4.46. The first kappa shape index (κ1) is 21.1. The molecule has 0 aromatic heterocycles. The molecule has 3 aromatic rings. The minimum absolute atomic E-state index is 0.0658. The van der Waals surface area contributed by atoms with Crippen LogP contribution in [0.1, 0.15) is 29.0 Å². The van der Waals surface area contributed by atoms with Crippen LogP contribution in [0.25, 0.3) is 16.7 Å². The molecule has 33 heavy (non-hydrogen) atoms. The number of halogens is 1. The van der Waals surface area contributed by atoms with Crippen LogP contribution in [0.5, 0.6) is 0 Å². The second-order valence-electron chi connectivity index (χ2n) is 8.01. The molecule has 0 fully saturated rings. The average Bonchev–Trinajstić information content (AvgIpc) is 3.35. The van der Waals surface area contributed by atoms with Crippen molar-refractivity contribution in [2.45, 2.75) is 18.4 Å². The number of benzene rings is 3. The van der Waals surface area contributed by atoms with Gasteiger partial charge in [-0.1, -0.05) is 60.1 Å². The van der Waals surface area contributed by atoms with Crippen molar-refractivity contribution in [3.05, 3.63) is 94.6 Å². The SMILES string of the molecule is O=C(N[C@H](CC1=C[N]c2ccc(Cl)cc21)C(=O)O)OCC1c2ccccc2-c2ccccc21. The third kappa shape index (κ3) is 4.05. The molecular weight excluding hydrogens is 440 g/mol. The number of nitrogens with zero attached hydrogens (tertiary/aromatic N) is 1. The molecule has 0 unspecified atom stereocenters. The van der Waals surface area contributed by atoms with Gasteiger partial charge < -0.3 is 15.2 Å². The van der Waals surface area contributed by atoms with Crippen molar-refractivity contribution in [2.24, 2.45) is 0 Å². The summed E-state index contributed by atoms with van der Waals surface area (Å²) in [6.07, 6.45) is 0.901. The number of fused-ring (bicyclic) bond motifs is 4. The predicted molar refractivity (Wildman–Crippen MR) is 125 cm³/mol. The van der Waals surface area contributed by atoms with Gasteiger partial charge in [0.05, 0.1) is 5.69 Å². The molecule has 0 bridgehead atoms. The van der Waals surface area contributed by atoms with Crippen molar-refractivity contribution in [1.29, 1.82) is 0 Å². The van der Waals surface area contributed by atoms with Crippen LogP contribution >= 0.6 is 11.6 Å². The molecule has 1 aliphatic carbocycles. The number of alkyl carbamates (subject to hydrolysis) is 1. The molecular formula is C26H20ClN2O4. The average molecular weight is 460 g/mol. The second-order valence-corrected chi connectivity index (χ2v) is 8.45. The number of amides is 1. The van der Waals surface area contributed by atoms with E-state index in [4.69, 9.17) is 16.3 Å². The topological polar surface area (TPSA) is 89.7 Å². The highest BCUT2D eigenvalue weighted by Crippen LogP contribution is 2.44. The smallest absolute Gasteiger partial charge is 0.407 e. The van der Waals surface area contributed by atoms with Crippen molar-refractivity contribution in [3.63, 3.8) is 0 Å². The molecule has 5 rings (SSSR count). The maximum absolute atomic E-state index is 12.6. The number of carboxylic acids is 1. The third-order valence-corrected chi connectivity index (χ3v) is 6.26. The van der Waals surface area contributed by atoms with Crippen LogP contribution in [-0.4, -0.2) is 29.8 Å². The molecule has 1 atom stereocenters. The first-order chi connectivity index (χ1) is 16.0. The summed E-state index contributed by atoms with van der Waals surface area (Å²) in [6.45, 7) is 0.114. The highest BCUT2D eigenvalue weighted by Gasteiger charge is 2.30. The Morgan fingerprint density at radius 1 is 1.00 bits per heavy atom. The first-order valence-corrected chi connectivity index (χ1v) is 10.9. The molecule has 1 radical (unpaired) electrons. The van der Waals surface area contributed by atoms with E-state index in [-0.39, 0.29) is 18.9 Å². The van der Waals surface area contributed by atoms with Gasteiger partial charge >= 0.3 is 12.1 Å². The van der Waals surface area contributed by atoms with E-state index < -0.39 is 18.1 Å². The molecule has 1 aliphatic heterocycles. The van der Waals surface area contributed by atoms with E-state index in [1.54, 1.807) is 24.4 Å². The van der Waals surface area contributed by atoms with E-state index in [0.29, 0.717) is 10.6 Å². The van der Waals surface area contributed by atoms with Crippen molar-refractivity contribution in [1.82, 2.24) is 10.6 Å². The summed E-state index contributed by atoms with van der Waals surface area (Å²) < 4.78 is 5.50. The Kier molecular flexibility index (Phi) is 5.52. The molecule has 2 aliphatic rings. The third-order valence-electron chi connectivity index (χ3n) is 6.02. The number of carbonyl (C=O) groups is 2. The van der Waals surface area contributed by atoms with Crippen molar-refractivity contribution >= 4 is 34.9 Å². The van der Waals surface area contributed by atoms with Gasteiger partial charge in [0.15, 0.2) is 0 Å². The van der Waals surface area contributed by atoms with Crippen LogP contribution in [0, 0.1) is 0 Å². The molecule has 7 heteroatoms. The lowest BCUT2D eigenvalue weighted by Gasteiger charge is -2.18. The maximum Gasteiger partial charge on any atom is 0.407 e. The van der Waals surface area contributed by atoms with E-state index in [9.17, 15) is 14.7 Å². The number of rotatable bonds is 6. The van der Waals surface area contributed by atoms with Crippen LogP contribution in [0.3, 0.4) is 0 Å². The number of nitrogens with one attached hydrogen (secondary N) is 1. The van der Waals surface area contributed by atoms with Gasteiger partial charge in [0.1, 0.15) is 12.6 Å². The van der Waals surface area contributed by atoms with Crippen LogP contribution in [0.15, 0.2) is 72.9 Å². The zero-order valence-electron chi connectivity index (χ0n) is 17.5. The van der Waals surface area contributed by atoms with Gasteiger partial charge in [-0.2, -0.15) is 0 Å². The Hall–Kier alpha value is -3.77. The molecule has 0 spiro atoms. The summed E-state index contributed by atoms with van der Waals surface area (Å²) in [7, 11) is 0. The summed E-state index contributed by atoms with van der Waals surface area (Å²) >= 11 is 6.07. The maximum atomic E-state index is 12.6. The Morgan fingerprint density at radius 2 is 1.67 bits per heavy atom. The zero-order valence-corrected chi connectivity index (χ0v) is 18.3. The number of hydrogen-bond donors (Lipinski definition) is 2. The van der Waals surface area contributed by atoms with Crippen molar-refractivity contribution in [2.75, 3.05) is 6.61 Å². The highest BCUT2D eigenvalue weighted by atomic mass is 35.5. The van der Waals surface area contributed by atoms with Crippen LogP contribution in [0.2, 0.25) is 5.02 Å². The highest BCUT2D eigenvalue weighted by molar-refractivity contribution is 6.30. The molecule has 1 heterocycles. The minimum Gasteiger partial charge on any atom is -0.480 e. The monoisotopic (exact) mass is 459 g/mol. The van der Waals surface area contributed by atoms with Gasteiger partial charge in [-0.15, -0.1) is 0 Å². The molecule has 1 amide bonds. The quantitative estimate of drug-likeness (QED) is 0.522. The second kappa shape index (κ2) is 8.64. The van der Waals surface area contributed by atoms with Gasteiger partial charge in [0.2, 0.25) is 0 Å². The lowest BCUT2D eigenvalue weighted by atomic mass is 9.98. The summed E-state index contributed by atoms with van der Waals surface area (Å²) in [5.41, 5.74) is 6.61. The largest absolute Gasteiger partial charge is 0.480 e.